The summed E-state index contributed by atoms with van der Waals surface area (Å²) in [4.78, 5) is 12.5. The van der Waals surface area contributed by atoms with E-state index in [1.54, 1.807) is 17.1 Å². The average Bonchev–Trinajstić information content (AvgIpc) is 2.88. The fraction of sp³-hybridized carbons (Fsp3) is 0.450. The zero-order valence-corrected chi connectivity index (χ0v) is 15.1. The number of esters is 1. The van der Waals surface area contributed by atoms with E-state index in [0.717, 1.165) is 5.56 Å². The lowest BCUT2D eigenvalue weighted by molar-refractivity contribution is -0.150. The highest BCUT2D eigenvalue weighted by Gasteiger charge is 2.69. The van der Waals surface area contributed by atoms with Crippen molar-refractivity contribution in [3.8, 4) is 6.07 Å². The van der Waals surface area contributed by atoms with Crippen LogP contribution in [0.3, 0.4) is 0 Å². The SMILES string of the molecule is CC1(C)C(C(=O)OC(C#N)c2cnn(Cc3ccccc3)c2)C1(C)C. The van der Waals surface area contributed by atoms with E-state index in [1.165, 1.54) is 0 Å². The van der Waals surface area contributed by atoms with E-state index in [1.807, 2.05) is 30.3 Å². The number of nitriles is 1. The van der Waals surface area contributed by atoms with Gasteiger partial charge in [-0.1, -0.05) is 58.0 Å². The molecule has 130 valence electrons. The van der Waals surface area contributed by atoms with Gasteiger partial charge in [-0.15, -0.1) is 0 Å². The van der Waals surface area contributed by atoms with Gasteiger partial charge >= 0.3 is 5.97 Å². The summed E-state index contributed by atoms with van der Waals surface area (Å²) in [6.45, 7) is 8.82. The third-order valence-electron chi connectivity index (χ3n) is 5.75. The van der Waals surface area contributed by atoms with E-state index in [2.05, 4.69) is 38.9 Å². The Morgan fingerprint density at radius 3 is 2.48 bits per heavy atom. The van der Waals surface area contributed by atoms with E-state index in [4.69, 9.17) is 4.74 Å². The number of hydrogen-bond acceptors (Lipinski definition) is 4. The summed E-state index contributed by atoms with van der Waals surface area (Å²) in [6.07, 6.45) is 2.43. The van der Waals surface area contributed by atoms with E-state index in [0.29, 0.717) is 12.1 Å². The number of hydrogen-bond donors (Lipinski definition) is 0. The second kappa shape index (κ2) is 6.03. The maximum atomic E-state index is 12.5. The molecule has 1 fully saturated rings. The average molecular weight is 337 g/mol. The lowest BCUT2D eigenvalue weighted by Crippen LogP contribution is -2.15. The molecule has 0 spiro atoms. The van der Waals surface area contributed by atoms with E-state index in [9.17, 15) is 10.1 Å². The number of carbonyl (C=O) groups excluding carboxylic acids is 1. The van der Waals surface area contributed by atoms with Crippen LogP contribution in [-0.4, -0.2) is 15.7 Å². The summed E-state index contributed by atoms with van der Waals surface area (Å²) >= 11 is 0. The molecule has 25 heavy (non-hydrogen) atoms. The second-order valence-corrected chi connectivity index (χ2v) is 7.78. The molecule has 5 nitrogen and oxygen atoms in total. The highest BCUT2D eigenvalue weighted by atomic mass is 16.5. The molecule has 0 radical (unpaired) electrons. The summed E-state index contributed by atoms with van der Waals surface area (Å²) in [5.74, 6) is -0.493. The summed E-state index contributed by atoms with van der Waals surface area (Å²) in [5.41, 5.74) is 1.50. The highest BCUT2D eigenvalue weighted by Crippen LogP contribution is 2.68. The Balaban J connectivity index is 1.68. The molecule has 1 aromatic carbocycles. The lowest BCUT2D eigenvalue weighted by Gasteiger charge is -2.10. The first-order valence-electron chi connectivity index (χ1n) is 8.44. The van der Waals surface area contributed by atoms with Crippen LogP contribution >= 0.6 is 0 Å². The summed E-state index contributed by atoms with van der Waals surface area (Å²) in [6, 6.07) is 12.0. The molecule has 0 amide bonds. The van der Waals surface area contributed by atoms with Crippen LogP contribution in [0.15, 0.2) is 42.7 Å². The van der Waals surface area contributed by atoms with Crippen molar-refractivity contribution in [3.63, 3.8) is 0 Å². The minimum Gasteiger partial charge on any atom is -0.442 e. The number of nitrogens with zero attached hydrogens (tertiary/aromatic N) is 3. The molecule has 0 N–H and O–H groups in total. The predicted molar refractivity (Wildman–Crippen MR) is 93.3 cm³/mol. The first-order chi connectivity index (χ1) is 11.8. The van der Waals surface area contributed by atoms with Crippen molar-refractivity contribution < 1.29 is 9.53 Å². The third-order valence-corrected chi connectivity index (χ3v) is 5.75. The Labute approximate surface area is 148 Å². The number of carbonyl (C=O) groups is 1. The van der Waals surface area contributed by atoms with Gasteiger partial charge in [-0.05, 0) is 16.4 Å². The van der Waals surface area contributed by atoms with Crippen LogP contribution in [0.25, 0.3) is 0 Å². The molecule has 2 aromatic rings. The zero-order chi connectivity index (χ0) is 18.2. The molecule has 1 aliphatic rings. The largest absolute Gasteiger partial charge is 0.442 e. The Morgan fingerprint density at radius 1 is 1.28 bits per heavy atom. The smallest absolute Gasteiger partial charge is 0.311 e. The normalized spacial score (nSPS) is 19.0. The monoisotopic (exact) mass is 337 g/mol. The fourth-order valence-corrected chi connectivity index (χ4v) is 3.51. The van der Waals surface area contributed by atoms with Crippen LogP contribution in [-0.2, 0) is 16.1 Å². The molecule has 1 atom stereocenters. The molecular formula is C20H23N3O2. The molecule has 0 saturated heterocycles. The van der Waals surface area contributed by atoms with Crippen molar-refractivity contribution in [1.82, 2.24) is 9.78 Å². The van der Waals surface area contributed by atoms with Gasteiger partial charge in [-0.2, -0.15) is 10.4 Å². The van der Waals surface area contributed by atoms with Crippen LogP contribution in [0, 0.1) is 28.1 Å². The van der Waals surface area contributed by atoms with Gasteiger partial charge in [-0.25, -0.2) is 0 Å². The zero-order valence-electron chi connectivity index (χ0n) is 15.1. The second-order valence-electron chi connectivity index (χ2n) is 7.78. The van der Waals surface area contributed by atoms with Gasteiger partial charge < -0.3 is 4.74 Å². The van der Waals surface area contributed by atoms with Crippen molar-refractivity contribution in [2.45, 2.75) is 40.3 Å². The molecule has 0 aliphatic heterocycles. The van der Waals surface area contributed by atoms with Gasteiger partial charge in [0.2, 0.25) is 6.10 Å². The molecule has 1 aromatic heterocycles. The van der Waals surface area contributed by atoms with Crippen LogP contribution in [0.5, 0.6) is 0 Å². The van der Waals surface area contributed by atoms with Gasteiger partial charge in [-0.3, -0.25) is 9.48 Å². The minimum absolute atomic E-state index is 0.110. The Bertz CT molecular complexity index is 801. The molecule has 5 heteroatoms. The maximum absolute atomic E-state index is 12.5. The Kier molecular flexibility index (Phi) is 4.16. The highest BCUT2D eigenvalue weighted by molar-refractivity contribution is 5.79. The minimum atomic E-state index is -0.927. The Hall–Kier alpha value is -2.61. The van der Waals surface area contributed by atoms with E-state index in [-0.39, 0.29) is 22.7 Å². The molecular weight excluding hydrogens is 314 g/mol. The standard InChI is InChI=1S/C20H23N3O2/c1-19(2)17(20(19,3)4)18(24)25-16(10-21)15-11-22-23(13-15)12-14-8-6-5-7-9-14/h5-9,11,13,16-17H,12H2,1-4H3. The number of aromatic nitrogens is 2. The van der Waals surface area contributed by atoms with Crippen molar-refractivity contribution in [2.24, 2.45) is 16.7 Å². The first-order valence-corrected chi connectivity index (χ1v) is 8.44. The van der Waals surface area contributed by atoms with Crippen LogP contribution < -0.4 is 0 Å². The van der Waals surface area contributed by atoms with Crippen LogP contribution in [0.4, 0.5) is 0 Å². The number of ether oxygens (including phenoxy) is 1. The molecule has 1 unspecified atom stereocenters. The van der Waals surface area contributed by atoms with Gasteiger partial charge in [0.25, 0.3) is 0 Å². The molecule has 1 saturated carbocycles. The van der Waals surface area contributed by atoms with Crippen LogP contribution in [0.2, 0.25) is 0 Å². The van der Waals surface area contributed by atoms with Gasteiger partial charge in [0.15, 0.2) is 0 Å². The fourth-order valence-electron chi connectivity index (χ4n) is 3.51. The van der Waals surface area contributed by atoms with Crippen molar-refractivity contribution in [2.75, 3.05) is 0 Å². The molecule has 1 heterocycles. The summed E-state index contributed by atoms with van der Waals surface area (Å²) in [7, 11) is 0. The summed E-state index contributed by atoms with van der Waals surface area (Å²) < 4.78 is 7.23. The van der Waals surface area contributed by atoms with Gasteiger partial charge in [0, 0.05) is 11.8 Å². The van der Waals surface area contributed by atoms with Crippen LogP contribution in [0.1, 0.15) is 44.9 Å². The van der Waals surface area contributed by atoms with Crippen molar-refractivity contribution >= 4 is 5.97 Å². The van der Waals surface area contributed by atoms with Crippen molar-refractivity contribution in [3.05, 3.63) is 53.9 Å². The van der Waals surface area contributed by atoms with E-state index >= 15 is 0 Å². The first kappa shape index (κ1) is 17.2. The lowest BCUT2D eigenvalue weighted by atomic mass is 10.0. The number of rotatable bonds is 5. The molecule has 0 bridgehead atoms. The summed E-state index contributed by atoms with van der Waals surface area (Å²) in [5, 5.41) is 13.7. The third kappa shape index (κ3) is 3.05. The topological polar surface area (TPSA) is 67.9 Å². The predicted octanol–water partition coefficient (Wildman–Crippen LogP) is 3.72. The molecule has 3 rings (SSSR count). The van der Waals surface area contributed by atoms with E-state index < -0.39 is 6.10 Å². The maximum Gasteiger partial charge on any atom is 0.311 e. The quantitative estimate of drug-likeness (QED) is 0.780. The molecule has 1 aliphatic carbocycles. The van der Waals surface area contributed by atoms with Gasteiger partial charge in [0.05, 0.1) is 18.7 Å². The van der Waals surface area contributed by atoms with Gasteiger partial charge in [0.1, 0.15) is 6.07 Å². The number of benzene rings is 1. The Morgan fingerprint density at radius 2 is 1.92 bits per heavy atom. The van der Waals surface area contributed by atoms with Crippen molar-refractivity contribution in [1.29, 1.82) is 5.26 Å².